The predicted octanol–water partition coefficient (Wildman–Crippen LogP) is 7.27. The van der Waals surface area contributed by atoms with Gasteiger partial charge in [-0.05, 0) is 55.8 Å². The summed E-state index contributed by atoms with van der Waals surface area (Å²) in [6.45, 7) is 3.94. The minimum Gasteiger partial charge on any atom is -0.340 e. The van der Waals surface area contributed by atoms with Gasteiger partial charge >= 0.3 is 0 Å². The molecular weight excluding hydrogens is 462 g/mol. The number of anilines is 2. The molecule has 0 fully saturated rings. The highest BCUT2D eigenvalue weighted by Crippen LogP contribution is 2.31. The van der Waals surface area contributed by atoms with Gasteiger partial charge in [-0.1, -0.05) is 35.9 Å². The van der Waals surface area contributed by atoms with Gasteiger partial charge < -0.3 is 5.32 Å². The van der Waals surface area contributed by atoms with Crippen LogP contribution in [0.2, 0.25) is 5.02 Å². The Kier molecular flexibility index (Phi) is 6.34. The van der Waals surface area contributed by atoms with Crippen molar-refractivity contribution in [3.05, 3.63) is 106 Å². The molecule has 0 amide bonds. The van der Waals surface area contributed by atoms with Crippen LogP contribution < -0.4 is 5.32 Å². The molecule has 0 aliphatic heterocycles. The summed E-state index contributed by atoms with van der Waals surface area (Å²) in [5.41, 5.74) is 7.12. The van der Waals surface area contributed by atoms with Gasteiger partial charge in [-0.3, -0.25) is 4.98 Å². The molecule has 2 aromatic carbocycles. The Hall–Kier alpha value is -3.61. The van der Waals surface area contributed by atoms with Crippen LogP contribution in [0.25, 0.3) is 21.8 Å². The number of rotatable bonds is 6. The lowest BCUT2D eigenvalue weighted by atomic mass is 10.0. The molecule has 0 saturated carbocycles. The molecule has 0 bridgehead atoms. The van der Waals surface area contributed by atoms with E-state index in [9.17, 15) is 0 Å². The van der Waals surface area contributed by atoms with Crippen molar-refractivity contribution in [3.8, 4) is 21.8 Å². The number of aryl methyl sites for hydroxylation is 2. The molecule has 5 nitrogen and oxygen atoms in total. The number of hydrogen-bond donors (Lipinski definition) is 1. The van der Waals surface area contributed by atoms with E-state index in [2.05, 4.69) is 32.8 Å². The number of hydrogen-bond acceptors (Lipinski definition) is 6. The summed E-state index contributed by atoms with van der Waals surface area (Å²) in [6.07, 6.45) is 4.32. The van der Waals surface area contributed by atoms with Crippen LogP contribution in [0, 0.1) is 13.8 Å². The summed E-state index contributed by atoms with van der Waals surface area (Å²) >= 11 is 7.68. The molecule has 0 saturated heterocycles. The molecule has 3 aromatic heterocycles. The lowest BCUT2D eigenvalue weighted by Gasteiger charge is -2.15. The lowest BCUT2D eigenvalue weighted by Crippen LogP contribution is -2.06. The van der Waals surface area contributed by atoms with E-state index in [1.54, 1.807) is 17.5 Å². The maximum absolute atomic E-state index is 6.06. The number of pyridine rings is 1. The third kappa shape index (κ3) is 4.98. The van der Waals surface area contributed by atoms with Crippen molar-refractivity contribution in [3.63, 3.8) is 0 Å². The first-order valence-corrected chi connectivity index (χ1v) is 12.1. The Bertz CT molecular complexity index is 1430. The molecule has 0 unspecified atom stereocenters. The van der Waals surface area contributed by atoms with Gasteiger partial charge in [0.25, 0.3) is 0 Å². The van der Waals surface area contributed by atoms with Crippen molar-refractivity contribution in [1.29, 1.82) is 0 Å². The van der Waals surface area contributed by atoms with E-state index in [0.717, 1.165) is 61.0 Å². The zero-order valence-electron chi connectivity index (χ0n) is 18.8. The number of benzene rings is 2. The Morgan fingerprint density at radius 1 is 0.912 bits per heavy atom. The molecule has 0 aliphatic carbocycles. The number of halogens is 1. The van der Waals surface area contributed by atoms with Crippen LogP contribution in [0.1, 0.15) is 22.6 Å². The first kappa shape index (κ1) is 22.2. The highest BCUT2D eigenvalue weighted by molar-refractivity contribution is 7.13. The molecule has 34 heavy (non-hydrogen) atoms. The lowest BCUT2D eigenvalue weighted by molar-refractivity contribution is 0.965. The summed E-state index contributed by atoms with van der Waals surface area (Å²) < 4.78 is 0. The molecule has 0 aliphatic rings. The van der Waals surface area contributed by atoms with Crippen molar-refractivity contribution < 1.29 is 0 Å². The number of aromatic nitrogens is 4. The number of nitrogens with one attached hydrogen (secondary N) is 1. The molecule has 0 atom stereocenters. The van der Waals surface area contributed by atoms with Gasteiger partial charge in [-0.15, -0.1) is 11.3 Å². The van der Waals surface area contributed by atoms with E-state index in [1.165, 1.54) is 0 Å². The second kappa shape index (κ2) is 9.71. The molecule has 0 radical (unpaired) electrons. The summed E-state index contributed by atoms with van der Waals surface area (Å²) in [4.78, 5) is 18.3. The second-order valence-electron chi connectivity index (χ2n) is 7.97. The smallest absolute Gasteiger partial charge is 0.137 e. The first-order chi connectivity index (χ1) is 16.5. The summed E-state index contributed by atoms with van der Waals surface area (Å²) in [7, 11) is 0. The third-order valence-corrected chi connectivity index (χ3v) is 6.60. The maximum Gasteiger partial charge on any atom is 0.137 e. The zero-order valence-corrected chi connectivity index (χ0v) is 20.4. The van der Waals surface area contributed by atoms with E-state index in [1.807, 2.05) is 68.6 Å². The molecule has 5 rings (SSSR count). The summed E-state index contributed by atoms with van der Waals surface area (Å²) in [6, 6.07) is 20.1. The van der Waals surface area contributed by atoms with Crippen molar-refractivity contribution in [2.24, 2.45) is 0 Å². The van der Waals surface area contributed by atoms with Gasteiger partial charge in [-0.2, -0.15) is 0 Å². The molecule has 168 valence electrons. The van der Waals surface area contributed by atoms with Crippen molar-refractivity contribution in [1.82, 2.24) is 19.9 Å². The van der Waals surface area contributed by atoms with E-state index < -0.39 is 0 Å². The second-order valence-corrected chi connectivity index (χ2v) is 9.27. The molecule has 5 aromatic rings. The van der Waals surface area contributed by atoms with E-state index in [4.69, 9.17) is 21.6 Å². The Morgan fingerprint density at radius 3 is 2.53 bits per heavy atom. The highest BCUT2D eigenvalue weighted by Gasteiger charge is 2.13. The van der Waals surface area contributed by atoms with Crippen molar-refractivity contribution >= 4 is 34.4 Å². The largest absolute Gasteiger partial charge is 0.340 e. The molecule has 3 heterocycles. The van der Waals surface area contributed by atoms with Gasteiger partial charge in [0.1, 0.15) is 16.6 Å². The SMILES string of the molecule is Cc1nc(C)c(Cc2ccc(Cl)cc2)c(Nc2cccc(-c3csc(-c4cccnc4)n3)c2)n1. The van der Waals surface area contributed by atoms with Crippen LogP contribution in [0.3, 0.4) is 0 Å². The third-order valence-electron chi connectivity index (χ3n) is 5.45. The monoisotopic (exact) mass is 483 g/mol. The molecule has 0 spiro atoms. The predicted molar refractivity (Wildman–Crippen MR) is 140 cm³/mol. The fourth-order valence-corrected chi connectivity index (χ4v) is 4.72. The van der Waals surface area contributed by atoms with Crippen LogP contribution >= 0.6 is 22.9 Å². The average molecular weight is 484 g/mol. The fraction of sp³-hybridized carbons (Fsp3) is 0.111. The zero-order chi connectivity index (χ0) is 23.5. The van der Waals surface area contributed by atoms with Crippen LogP contribution in [0.5, 0.6) is 0 Å². The van der Waals surface area contributed by atoms with Gasteiger partial charge in [0.05, 0.1) is 5.69 Å². The maximum atomic E-state index is 6.06. The van der Waals surface area contributed by atoms with Gasteiger partial charge in [-0.25, -0.2) is 15.0 Å². The quantitative estimate of drug-likeness (QED) is 0.275. The minimum absolute atomic E-state index is 0.714. The number of thiazole rings is 1. The summed E-state index contributed by atoms with van der Waals surface area (Å²) in [5, 5.41) is 7.28. The molecule has 7 heteroatoms. The molecule has 1 N–H and O–H groups in total. The standard InChI is InChI=1S/C27H22ClN5S/c1-17-24(13-19-8-10-22(28)11-9-19)26(31-18(2)30-17)32-23-7-3-5-20(14-23)25-16-34-27(33-25)21-6-4-12-29-15-21/h3-12,14-16H,13H2,1-2H3,(H,30,31,32). The average Bonchev–Trinajstić information content (AvgIpc) is 3.34. The van der Waals surface area contributed by atoms with Gasteiger partial charge in [0, 0.05) is 57.3 Å². The van der Waals surface area contributed by atoms with Crippen molar-refractivity contribution in [2.75, 3.05) is 5.32 Å². The van der Waals surface area contributed by atoms with E-state index in [-0.39, 0.29) is 0 Å². The van der Waals surface area contributed by atoms with Gasteiger partial charge in [0.2, 0.25) is 0 Å². The minimum atomic E-state index is 0.714. The highest BCUT2D eigenvalue weighted by atomic mass is 35.5. The van der Waals surface area contributed by atoms with Crippen LogP contribution in [0.4, 0.5) is 11.5 Å². The Balaban J connectivity index is 1.44. The normalized spacial score (nSPS) is 10.9. The van der Waals surface area contributed by atoms with Crippen LogP contribution in [0.15, 0.2) is 78.4 Å². The van der Waals surface area contributed by atoms with Crippen LogP contribution in [-0.4, -0.2) is 19.9 Å². The van der Waals surface area contributed by atoms with Gasteiger partial charge in [0.15, 0.2) is 0 Å². The van der Waals surface area contributed by atoms with E-state index >= 15 is 0 Å². The topological polar surface area (TPSA) is 63.6 Å². The molecular formula is C27H22ClN5S. The van der Waals surface area contributed by atoms with E-state index in [0.29, 0.717) is 6.42 Å². The van der Waals surface area contributed by atoms with Crippen molar-refractivity contribution in [2.45, 2.75) is 20.3 Å². The number of nitrogens with zero attached hydrogens (tertiary/aromatic N) is 4. The Labute approximate surface area is 207 Å². The Morgan fingerprint density at radius 2 is 1.74 bits per heavy atom. The summed E-state index contributed by atoms with van der Waals surface area (Å²) in [5.74, 6) is 1.54. The first-order valence-electron chi connectivity index (χ1n) is 10.9. The van der Waals surface area contributed by atoms with Crippen LogP contribution in [-0.2, 0) is 6.42 Å². The fourth-order valence-electron chi connectivity index (χ4n) is 3.78.